The molecule has 1 saturated heterocycles. The summed E-state index contributed by atoms with van der Waals surface area (Å²) in [7, 11) is -3.18. The van der Waals surface area contributed by atoms with Crippen LogP contribution >= 0.6 is 0 Å². The van der Waals surface area contributed by atoms with Gasteiger partial charge in [0.1, 0.15) is 28.1 Å². The number of anilines is 1. The summed E-state index contributed by atoms with van der Waals surface area (Å²) in [5.41, 5.74) is 7.33. The average molecular weight is 558 g/mol. The van der Waals surface area contributed by atoms with Crippen LogP contribution in [0.5, 0.6) is 11.6 Å². The molecule has 0 saturated carbocycles. The fourth-order valence-electron chi connectivity index (χ4n) is 4.55. The van der Waals surface area contributed by atoms with E-state index in [1.807, 2.05) is 0 Å². The van der Waals surface area contributed by atoms with Crippen molar-refractivity contribution in [1.82, 2.24) is 15.0 Å². The topological polar surface area (TPSA) is 153 Å². The zero-order valence-corrected chi connectivity index (χ0v) is 21.9. The molecule has 3 heterocycles. The van der Waals surface area contributed by atoms with Gasteiger partial charge in [0, 0.05) is 30.0 Å². The van der Waals surface area contributed by atoms with Crippen LogP contribution in [-0.2, 0) is 14.8 Å². The maximum Gasteiger partial charge on any atom is 0.240 e. The van der Waals surface area contributed by atoms with Gasteiger partial charge in [0.05, 0.1) is 37.1 Å². The highest BCUT2D eigenvalue weighted by Crippen LogP contribution is 2.39. The number of aromatic nitrogens is 3. The van der Waals surface area contributed by atoms with Crippen molar-refractivity contribution in [2.24, 2.45) is 5.14 Å². The molecule has 13 heteroatoms. The van der Waals surface area contributed by atoms with Crippen molar-refractivity contribution in [1.29, 1.82) is 0 Å². The third-order valence-corrected chi connectivity index (χ3v) is 7.37. The highest BCUT2D eigenvalue weighted by atomic mass is 32.2. The van der Waals surface area contributed by atoms with Crippen LogP contribution in [0, 0.1) is 18.6 Å². The van der Waals surface area contributed by atoms with Gasteiger partial charge in [0.2, 0.25) is 21.9 Å². The summed E-state index contributed by atoms with van der Waals surface area (Å²) in [5.74, 6) is -1.93. The molecule has 0 atom stereocenters. The van der Waals surface area contributed by atoms with Crippen molar-refractivity contribution in [3.8, 4) is 33.9 Å². The van der Waals surface area contributed by atoms with Crippen molar-refractivity contribution >= 4 is 26.9 Å². The lowest BCUT2D eigenvalue weighted by molar-refractivity contribution is 0.0261. The Labute approximate surface area is 223 Å². The molecule has 2 aromatic carbocycles. The Morgan fingerprint density at radius 2 is 1.82 bits per heavy atom. The molecule has 0 amide bonds. The summed E-state index contributed by atoms with van der Waals surface area (Å²) in [5, 5.41) is 5.80. The van der Waals surface area contributed by atoms with Gasteiger partial charge in [-0.15, -0.1) is 0 Å². The number of fused-ring (bicyclic) bond motifs is 1. The fourth-order valence-corrected chi connectivity index (χ4v) is 5.16. The predicted molar refractivity (Wildman–Crippen MR) is 140 cm³/mol. The van der Waals surface area contributed by atoms with E-state index in [4.69, 9.17) is 25.1 Å². The van der Waals surface area contributed by atoms with E-state index in [0.717, 1.165) is 12.1 Å². The summed E-state index contributed by atoms with van der Waals surface area (Å²) in [6, 6.07) is 6.58. The van der Waals surface area contributed by atoms with Crippen molar-refractivity contribution in [2.75, 3.05) is 26.1 Å². The van der Waals surface area contributed by atoms with E-state index in [2.05, 4.69) is 15.0 Å². The monoisotopic (exact) mass is 557 g/mol. The molecule has 1 aliphatic rings. The Hall–Kier alpha value is -3.94. The normalized spacial score (nSPS) is 14.5. The number of halogens is 2. The first-order valence-corrected chi connectivity index (χ1v) is 13.5. The van der Waals surface area contributed by atoms with E-state index in [1.54, 1.807) is 19.1 Å². The van der Waals surface area contributed by atoms with Gasteiger partial charge < -0.3 is 19.9 Å². The van der Waals surface area contributed by atoms with Gasteiger partial charge in [0.25, 0.3) is 0 Å². The van der Waals surface area contributed by atoms with Crippen LogP contribution in [0.3, 0.4) is 0 Å². The highest BCUT2D eigenvalue weighted by Gasteiger charge is 2.25. The minimum atomic E-state index is -4.47. The quantitative estimate of drug-likeness (QED) is 0.361. The molecule has 1 fully saturated rings. The van der Waals surface area contributed by atoms with Crippen LogP contribution in [0.1, 0.15) is 18.5 Å². The second kappa shape index (κ2) is 10.3. The standard InChI is InChI=1S/C26H25F2N5O5S/c1-13-17-9-14(11-20(24(17)33-26(29)32-13)38-16-5-7-37-8-6-16)15-10-18(25(36-2)31-12-15)22-19(27)3-4-21(23(22)28)39(30,34)35/h3-4,9-12,16H,5-8H2,1-2H3,(H2,29,32,33)(H2,30,34,35). The molecule has 4 N–H and O–H groups in total. The third-order valence-electron chi connectivity index (χ3n) is 6.44. The number of hydrogen-bond donors (Lipinski definition) is 2. The second-order valence-corrected chi connectivity index (χ2v) is 10.6. The van der Waals surface area contributed by atoms with E-state index in [1.165, 1.54) is 19.4 Å². The van der Waals surface area contributed by atoms with E-state index >= 15 is 4.39 Å². The molecule has 0 unspecified atom stereocenters. The fraction of sp³-hybridized carbons (Fsp3) is 0.269. The second-order valence-electron chi connectivity index (χ2n) is 9.03. The van der Waals surface area contributed by atoms with Crippen LogP contribution in [0.2, 0.25) is 0 Å². The summed E-state index contributed by atoms with van der Waals surface area (Å²) in [6.45, 7) is 2.92. The molecule has 0 bridgehead atoms. The molecular formula is C26H25F2N5O5S. The molecule has 0 radical (unpaired) electrons. The number of sulfonamides is 1. The summed E-state index contributed by atoms with van der Waals surface area (Å²) >= 11 is 0. The number of methoxy groups -OCH3 is 1. The lowest BCUT2D eigenvalue weighted by Crippen LogP contribution is -2.26. The molecule has 4 aromatic rings. The van der Waals surface area contributed by atoms with Crippen molar-refractivity contribution in [2.45, 2.75) is 30.8 Å². The number of nitrogens with two attached hydrogens (primary N) is 2. The minimum absolute atomic E-state index is 0.0960. The van der Waals surface area contributed by atoms with Crippen LogP contribution in [-0.4, -0.2) is 49.8 Å². The lowest BCUT2D eigenvalue weighted by atomic mass is 9.98. The molecular weight excluding hydrogens is 532 g/mol. The minimum Gasteiger partial charge on any atom is -0.488 e. The first-order chi connectivity index (χ1) is 18.6. The maximum absolute atomic E-state index is 15.3. The number of rotatable bonds is 6. The number of nitrogens with zero attached hydrogens (tertiary/aromatic N) is 3. The van der Waals surface area contributed by atoms with Crippen molar-refractivity contribution < 1.29 is 31.4 Å². The van der Waals surface area contributed by atoms with Gasteiger partial charge in [-0.2, -0.15) is 0 Å². The Bertz CT molecular complexity index is 1690. The summed E-state index contributed by atoms with van der Waals surface area (Å²) in [4.78, 5) is 12.0. The van der Waals surface area contributed by atoms with Crippen molar-refractivity contribution in [3.05, 3.63) is 53.9 Å². The van der Waals surface area contributed by atoms with E-state index in [0.29, 0.717) is 59.5 Å². The molecule has 10 nitrogen and oxygen atoms in total. The Morgan fingerprint density at radius 3 is 2.51 bits per heavy atom. The van der Waals surface area contributed by atoms with Gasteiger partial charge in [-0.05, 0) is 42.8 Å². The third kappa shape index (κ3) is 5.20. The number of hydrogen-bond acceptors (Lipinski definition) is 9. The lowest BCUT2D eigenvalue weighted by Gasteiger charge is -2.24. The number of nitrogen functional groups attached to an aromatic ring is 1. The number of primary sulfonamides is 1. The molecule has 39 heavy (non-hydrogen) atoms. The number of ether oxygens (including phenoxy) is 3. The van der Waals surface area contributed by atoms with Crippen LogP contribution < -0.4 is 20.3 Å². The van der Waals surface area contributed by atoms with Crippen molar-refractivity contribution in [3.63, 3.8) is 0 Å². The Kier molecular flexibility index (Phi) is 7.05. The Morgan fingerprint density at radius 1 is 1.08 bits per heavy atom. The zero-order chi connectivity index (χ0) is 27.9. The average Bonchev–Trinajstić information content (AvgIpc) is 2.89. The van der Waals surface area contributed by atoms with E-state index in [-0.39, 0.29) is 23.5 Å². The molecule has 1 aliphatic heterocycles. The number of benzene rings is 2. The SMILES string of the molecule is COc1ncc(-c2cc(OC3CCOCC3)c3nc(N)nc(C)c3c2)cc1-c1c(F)ccc(S(N)(=O)=O)c1F. The van der Waals surface area contributed by atoms with E-state index in [9.17, 15) is 12.8 Å². The highest BCUT2D eigenvalue weighted by molar-refractivity contribution is 7.89. The molecule has 2 aromatic heterocycles. The zero-order valence-electron chi connectivity index (χ0n) is 21.1. The van der Waals surface area contributed by atoms with Crippen LogP contribution in [0.25, 0.3) is 33.2 Å². The van der Waals surface area contributed by atoms with Gasteiger partial charge in [-0.1, -0.05) is 0 Å². The number of pyridine rings is 1. The largest absolute Gasteiger partial charge is 0.488 e. The van der Waals surface area contributed by atoms with Gasteiger partial charge in [-0.25, -0.2) is 37.3 Å². The van der Waals surface area contributed by atoms with Gasteiger partial charge >= 0.3 is 0 Å². The Balaban J connectivity index is 1.71. The summed E-state index contributed by atoms with van der Waals surface area (Å²) < 4.78 is 71.1. The van der Waals surface area contributed by atoms with Gasteiger partial charge in [-0.3, -0.25) is 0 Å². The smallest absolute Gasteiger partial charge is 0.240 e. The first-order valence-electron chi connectivity index (χ1n) is 11.9. The van der Waals surface area contributed by atoms with Crippen LogP contribution in [0.15, 0.2) is 41.4 Å². The molecule has 0 spiro atoms. The predicted octanol–water partition coefficient (Wildman–Crippen LogP) is 3.74. The molecule has 0 aliphatic carbocycles. The maximum atomic E-state index is 15.3. The number of aryl methyl sites for hydroxylation is 1. The van der Waals surface area contributed by atoms with E-state index < -0.39 is 32.1 Å². The molecule has 5 rings (SSSR count). The molecule has 204 valence electrons. The van der Waals surface area contributed by atoms with Gasteiger partial charge in [0.15, 0.2) is 5.82 Å². The summed E-state index contributed by atoms with van der Waals surface area (Å²) in [6.07, 6.45) is 2.74. The first kappa shape index (κ1) is 26.7. The van der Waals surface area contributed by atoms with Crippen LogP contribution in [0.4, 0.5) is 14.7 Å².